The van der Waals surface area contributed by atoms with Gasteiger partial charge < -0.3 is 30.3 Å². The number of benzene rings is 1. The van der Waals surface area contributed by atoms with E-state index in [1.54, 1.807) is 29.2 Å². The molecule has 2 saturated heterocycles. The van der Waals surface area contributed by atoms with Gasteiger partial charge in [0, 0.05) is 44.0 Å². The van der Waals surface area contributed by atoms with Gasteiger partial charge in [0.15, 0.2) is 0 Å². The van der Waals surface area contributed by atoms with Crippen LogP contribution in [0.1, 0.15) is 52.9 Å². The summed E-state index contributed by atoms with van der Waals surface area (Å²) in [7, 11) is 0. The molecule has 2 fully saturated rings. The molecule has 2 aliphatic rings. The number of likely N-dealkylation sites (tertiary alicyclic amines) is 1. The molecule has 9 nitrogen and oxygen atoms in total. The monoisotopic (exact) mass is 460 g/mol. The number of urea groups is 1. The highest BCUT2D eigenvalue weighted by Gasteiger charge is 2.27. The van der Waals surface area contributed by atoms with Gasteiger partial charge in [-0.3, -0.25) is 4.79 Å². The maximum atomic E-state index is 12.4. The van der Waals surface area contributed by atoms with Gasteiger partial charge in [0.1, 0.15) is 5.60 Å². The maximum absolute atomic E-state index is 12.4. The fraction of sp³-hybridized carbons (Fsp3) is 0.625. The van der Waals surface area contributed by atoms with Gasteiger partial charge in [0.05, 0.1) is 6.10 Å². The van der Waals surface area contributed by atoms with E-state index < -0.39 is 5.60 Å². The van der Waals surface area contributed by atoms with E-state index in [2.05, 4.69) is 16.0 Å². The lowest BCUT2D eigenvalue weighted by molar-refractivity contribution is -0.117. The van der Waals surface area contributed by atoms with E-state index in [0.717, 1.165) is 32.3 Å². The van der Waals surface area contributed by atoms with E-state index in [1.165, 1.54) is 0 Å². The molecular weight excluding hydrogens is 424 g/mol. The molecule has 1 unspecified atom stereocenters. The first-order chi connectivity index (χ1) is 15.7. The Bertz CT molecular complexity index is 807. The molecule has 1 aromatic rings. The molecule has 0 radical (unpaired) electrons. The maximum Gasteiger partial charge on any atom is 0.410 e. The van der Waals surface area contributed by atoms with Crippen molar-refractivity contribution in [2.45, 2.75) is 64.6 Å². The van der Waals surface area contributed by atoms with Crippen molar-refractivity contribution < 1.29 is 23.9 Å². The summed E-state index contributed by atoms with van der Waals surface area (Å²) in [4.78, 5) is 38.3. The van der Waals surface area contributed by atoms with Gasteiger partial charge in [0.25, 0.3) is 0 Å². The molecule has 1 aromatic carbocycles. The van der Waals surface area contributed by atoms with Gasteiger partial charge in [0.2, 0.25) is 5.91 Å². The van der Waals surface area contributed by atoms with E-state index in [-0.39, 0.29) is 30.1 Å². The number of anilines is 2. The van der Waals surface area contributed by atoms with Crippen molar-refractivity contribution in [2.24, 2.45) is 5.92 Å². The molecule has 2 aliphatic heterocycles. The number of ether oxygens (including phenoxy) is 2. The minimum absolute atomic E-state index is 0.0549. The van der Waals surface area contributed by atoms with Crippen LogP contribution in [0.25, 0.3) is 0 Å². The second kappa shape index (κ2) is 11.4. The zero-order valence-corrected chi connectivity index (χ0v) is 19.8. The molecule has 182 valence electrons. The first-order valence-electron chi connectivity index (χ1n) is 11.7. The summed E-state index contributed by atoms with van der Waals surface area (Å²) < 4.78 is 10.9. The third kappa shape index (κ3) is 8.57. The molecule has 0 aliphatic carbocycles. The van der Waals surface area contributed by atoms with Gasteiger partial charge in [-0.05, 0) is 76.6 Å². The Balaban J connectivity index is 1.35. The fourth-order valence-corrected chi connectivity index (χ4v) is 3.94. The zero-order valence-electron chi connectivity index (χ0n) is 19.8. The van der Waals surface area contributed by atoms with Crippen LogP contribution in [0.4, 0.5) is 21.0 Å². The van der Waals surface area contributed by atoms with Gasteiger partial charge in [-0.2, -0.15) is 0 Å². The minimum atomic E-state index is -0.507. The first-order valence-corrected chi connectivity index (χ1v) is 11.7. The van der Waals surface area contributed by atoms with Crippen molar-refractivity contribution in [3.8, 4) is 0 Å². The van der Waals surface area contributed by atoms with Gasteiger partial charge in [-0.1, -0.05) is 0 Å². The van der Waals surface area contributed by atoms with Gasteiger partial charge in [-0.25, -0.2) is 9.59 Å². The molecule has 0 spiro atoms. The Kier molecular flexibility index (Phi) is 8.55. The number of hydrogen-bond acceptors (Lipinski definition) is 5. The molecule has 0 saturated carbocycles. The molecule has 4 amide bonds. The topological polar surface area (TPSA) is 109 Å². The molecule has 9 heteroatoms. The van der Waals surface area contributed by atoms with Crippen LogP contribution >= 0.6 is 0 Å². The molecule has 2 heterocycles. The molecule has 33 heavy (non-hydrogen) atoms. The summed E-state index contributed by atoms with van der Waals surface area (Å²) in [6.07, 6.45) is 3.77. The Morgan fingerprint density at radius 2 is 1.67 bits per heavy atom. The number of nitrogens with one attached hydrogen (secondary N) is 3. The van der Waals surface area contributed by atoms with Crippen molar-refractivity contribution in [3.63, 3.8) is 0 Å². The van der Waals surface area contributed by atoms with E-state index in [1.807, 2.05) is 20.8 Å². The molecule has 3 N–H and O–H groups in total. The lowest BCUT2D eigenvalue weighted by atomic mass is 9.93. The second-order valence-corrected chi connectivity index (χ2v) is 9.71. The fourth-order valence-electron chi connectivity index (χ4n) is 3.94. The number of carbonyl (C=O) groups excluding carboxylic acids is 3. The highest BCUT2D eigenvalue weighted by Crippen LogP contribution is 2.23. The largest absolute Gasteiger partial charge is 0.444 e. The Hall–Kier alpha value is -2.81. The van der Waals surface area contributed by atoms with Crippen LogP contribution in [0.15, 0.2) is 24.3 Å². The summed E-state index contributed by atoms with van der Waals surface area (Å²) in [5.41, 5.74) is 0.816. The third-order valence-corrected chi connectivity index (χ3v) is 5.68. The van der Waals surface area contributed by atoms with Crippen molar-refractivity contribution in [1.29, 1.82) is 0 Å². The molecule has 1 atom stereocenters. The summed E-state index contributed by atoms with van der Waals surface area (Å²) in [6.45, 7) is 8.01. The van der Waals surface area contributed by atoms with Crippen LogP contribution in [0, 0.1) is 5.92 Å². The highest BCUT2D eigenvalue weighted by atomic mass is 16.6. The molecule has 0 bridgehead atoms. The van der Waals surface area contributed by atoms with E-state index >= 15 is 0 Å². The van der Waals surface area contributed by atoms with Crippen molar-refractivity contribution >= 4 is 29.4 Å². The summed E-state index contributed by atoms with van der Waals surface area (Å²) in [6, 6.07) is 6.75. The molecular formula is C24H36N4O5. The smallest absolute Gasteiger partial charge is 0.410 e. The summed E-state index contributed by atoms with van der Waals surface area (Å²) >= 11 is 0. The van der Waals surface area contributed by atoms with Gasteiger partial charge in [-0.15, -0.1) is 0 Å². The van der Waals surface area contributed by atoms with Crippen molar-refractivity contribution in [2.75, 3.05) is 36.9 Å². The standard InChI is InChI=1S/C24H36N4O5/c1-24(2,3)33-23(31)28-12-10-17(11-13-28)15-21(29)26-18-6-8-19(9-7-18)27-22(30)25-16-20-5-4-14-32-20/h6-9,17,20H,4-5,10-16H2,1-3H3,(H,26,29)(H2,25,27,30). The van der Waals surface area contributed by atoms with Crippen molar-refractivity contribution in [3.05, 3.63) is 24.3 Å². The lowest BCUT2D eigenvalue weighted by Crippen LogP contribution is -2.42. The Morgan fingerprint density at radius 3 is 2.24 bits per heavy atom. The normalized spacial score (nSPS) is 19.1. The quantitative estimate of drug-likeness (QED) is 0.595. The average molecular weight is 461 g/mol. The third-order valence-electron chi connectivity index (χ3n) is 5.68. The van der Waals surface area contributed by atoms with E-state index in [0.29, 0.717) is 37.4 Å². The lowest BCUT2D eigenvalue weighted by Gasteiger charge is -2.33. The minimum Gasteiger partial charge on any atom is -0.444 e. The predicted molar refractivity (Wildman–Crippen MR) is 126 cm³/mol. The van der Waals surface area contributed by atoms with Crippen LogP contribution in [0.2, 0.25) is 0 Å². The van der Waals surface area contributed by atoms with E-state index in [4.69, 9.17) is 9.47 Å². The summed E-state index contributed by atoms with van der Waals surface area (Å²) in [5.74, 6) is 0.179. The van der Waals surface area contributed by atoms with Crippen LogP contribution in [-0.2, 0) is 14.3 Å². The number of piperidine rings is 1. The number of carbonyl (C=O) groups is 3. The summed E-state index contributed by atoms with van der Waals surface area (Å²) in [5, 5.41) is 8.50. The van der Waals surface area contributed by atoms with Crippen LogP contribution < -0.4 is 16.0 Å². The van der Waals surface area contributed by atoms with Gasteiger partial charge >= 0.3 is 12.1 Å². The van der Waals surface area contributed by atoms with Crippen LogP contribution in [-0.4, -0.2) is 60.9 Å². The number of nitrogens with zero attached hydrogens (tertiary/aromatic N) is 1. The molecule has 0 aromatic heterocycles. The average Bonchev–Trinajstić information content (AvgIpc) is 3.27. The highest BCUT2D eigenvalue weighted by molar-refractivity contribution is 5.92. The number of rotatable bonds is 6. The van der Waals surface area contributed by atoms with E-state index in [9.17, 15) is 14.4 Å². The predicted octanol–water partition coefficient (Wildman–Crippen LogP) is 3.96. The number of hydrogen-bond donors (Lipinski definition) is 3. The SMILES string of the molecule is CC(C)(C)OC(=O)N1CCC(CC(=O)Nc2ccc(NC(=O)NCC3CCCO3)cc2)CC1. The number of amides is 4. The second-order valence-electron chi connectivity index (χ2n) is 9.71. The first kappa shape index (κ1) is 24.8. The zero-order chi connectivity index (χ0) is 23.8. The van der Waals surface area contributed by atoms with Crippen LogP contribution in [0.5, 0.6) is 0 Å². The molecule has 3 rings (SSSR count). The van der Waals surface area contributed by atoms with Crippen LogP contribution in [0.3, 0.4) is 0 Å². The Labute approximate surface area is 195 Å². The van der Waals surface area contributed by atoms with Crippen molar-refractivity contribution in [1.82, 2.24) is 10.2 Å². The Morgan fingerprint density at radius 1 is 1.03 bits per heavy atom.